The number of nitrogens with zero attached hydrogens (tertiary/aromatic N) is 1. The number of anilines is 1. The van der Waals surface area contributed by atoms with Gasteiger partial charge in [-0.05, 0) is 32.4 Å². The third-order valence-corrected chi connectivity index (χ3v) is 4.90. The molecule has 10 heteroatoms. The molecule has 0 spiro atoms. The molecule has 142 valence electrons. The second-order valence-corrected chi connectivity index (χ2v) is 6.63. The maximum atomic E-state index is 12.6. The first-order valence-corrected chi connectivity index (χ1v) is 8.57. The number of nitro benzene ring substituents is 1. The van der Waals surface area contributed by atoms with E-state index in [0.29, 0.717) is 5.56 Å². The molecule has 0 aliphatic carbocycles. The maximum Gasteiger partial charge on any atom is 0.341 e. The van der Waals surface area contributed by atoms with E-state index >= 15 is 0 Å². The number of nitrogens with one attached hydrogen (secondary N) is 1. The van der Waals surface area contributed by atoms with Crippen LogP contribution in [0.25, 0.3) is 0 Å². The number of aryl methyl sites for hydroxylation is 1. The number of carbonyl (C=O) groups excluding carboxylic acids is 3. The first kappa shape index (κ1) is 20.0. The van der Waals surface area contributed by atoms with Crippen molar-refractivity contribution >= 4 is 39.9 Å². The van der Waals surface area contributed by atoms with Crippen LogP contribution >= 0.6 is 11.3 Å². The Balaban J connectivity index is 2.49. The number of esters is 1. The Labute approximate surface area is 157 Å². The summed E-state index contributed by atoms with van der Waals surface area (Å²) in [6, 6.07) is 3.28. The Morgan fingerprint density at radius 2 is 1.89 bits per heavy atom. The highest BCUT2D eigenvalue weighted by atomic mass is 32.1. The number of carboxylic acids is 1. The number of aromatic carboxylic acids is 1. The maximum absolute atomic E-state index is 12.6. The average molecular weight is 391 g/mol. The van der Waals surface area contributed by atoms with E-state index in [2.05, 4.69) is 5.32 Å². The van der Waals surface area contributed by atoms with E-state index in [4.69, 9.17) is 4.74 Å². The van der Waals surface area contributed by atoms with Gasteiger partial charge in [-0.3, -0.25) is 14.9 Å². The fourth-order valence-corrected chi connectivity index (χ4v) is 3.47. The van der Waals surface area contributed by atoms with Crippen LogP contribution in [-0.4, -0.2) is 29.4 Å². The molecule has 0 fully saturated rings. The molecule has 0 saturated carbocycles. The predicted octanol–water partition coefficient (Wildman–Crippen LogP) is 2.07. The van der Waals surface area contributed by atoms with Crippen molar-refractivity contribution in [1.29, 1.82) is 0 Å². The second kappa shape index (κ2) is 7.96. The summed E-state index contributed by atoms with van der Waals surface area (Å²) >= 11 is 1.11. The molecule has 1 heterocycles. The Bertz CT molecular complexity index is 949. The Morgan fingerprint density at radius 1 is 1.22 bits per heavy atom. The van der Waals surface area contributed by atoms with Crippen molar-refractivity contribution < 1.29 is 29.2 Å². The van der Waals surface area contributed by atoms with Gasteiger partial charge >= 0.3 is 5.97 Å². The molecule has 0 bridgehead atoms. The molecule has 1 aromatic carbocycles. The van der Waals surface area contributed by atoms with Crippen LogP contribution in [0, 0.1) is 24.0 Å². The standard InChI is InChI=1S/C17H16N2O7S/c1-4-26-17(23)12-8(2)9(3)27-15(12)18-14(20)10-6-5-7-11(19(24)25)13(10)16(21)22/h5-7H,4H2,1-3H3,(H,18,20)(H,21,22)/p-1. The lowest BCUT2D eigenvalue weighted by atomic mass is 10.0. The van der Waals surface area contributed by atoms with Gasteiger partial charge in [0.1, 0.15) is 5.00 Å². The Hall–Kier alpha value is -3.27. The summed E-state index contributed by atoms with van der Waals surface area (Å²) in [5, 5.41) is 25.0. The smallest absolute Gasteiger partial charge is 0.341 e. The number of carboxylic acid groups (broad SMARTS) is 1. The fourth-order valence-electron chi connectivity index (χ4n) is 2.43. The summed E-state index contributed by atoms with van der Waals surface area (Å²) < 4.78 is 4.99. The number of thiophene rings is 1. The molecule has 2 aromatic rings. The Kier molecular flexibility index (Phi) is 5.91. The third-order valence-electron chi connectivity index (χ3n) is 3.78. The zero-order valence-corrected chi connectivity index (χ0v) is 15.5. The van der Waals surface area contributed by atoms with Gasteiger partial charge in [-0.2, -0.15) is 0 Å². The van der Waals surface area contributed by atoms with Crippen LogP contribution in [0.2, 0.25) is 0 Å². The molecule has 1 amide bonds. The summed E-state index contributed by atoms with van der Waals surface area (Å²) in [5.74, 6) is -3.39. The molecule has 1 aromatic heterocycles. The van der Waals surface area contributed by atoms with Crippen molar-refractivity contribution in [2.45, 2.75) is 20.8 Å². The van der Waals surface area contributed by atoms with Crippen molar-refractivity contribution in [3.8, 4) is 0 Å². The number of carbonyl (C=O) groups is 3. The fraction of sp³-hybridized carbons (Fsp3) is 0.235. The van der Waals surface area contributed by atoms with E-state index in [9.17, 15) is 29.6 Å². The summed E-state index contributed by atoms with van der Waals surface area (Å²) in [6.45, 7) is 5.21. The zero-order chi connectivity index (χ0) is 20.3. The molecule has 2 rings (SSSR count). The number of nitro groups is 1. The Morgan fingerprint density at radius 3 is 2.44 bits per heavy atom. The van der Waals surface area contributed by atoms with Crippen LogP contribution in [0.1, 0.15) is 48.4 Å². The molecule has 0 saturated heterocycles. The summed E-state index contributed by atoms with van der Waals surface area (Å²) in [4.78, 5) is 47.0. The monoisotopic (exact) mass is 391 g/mol. The van der Waals surface area contributed by atoms with Crippen molar-refractivity contribution in [3.63, 3.8) is 0 Å². The van der Waals surface area contributed by atoms with Crippen LogP contribution in [-0.2, 0) is 4.74 Å². The molecular weight excluding hydrogens is 376 g/mol. The van der Waals surface area contributed by atoms with Gasteiger partial charge in [0.25, 0.3) is 11.6 Å². The lowest BCUT2D eigenvalue weighted by Gasteiger charge is -2.11. The van der Waals surface area contributed by atoms with E-state index in [1.165, 1.54) is 6.07 Å². The number of rotatable bonds is 6. The van der Waals surface area contributed by atoms with Gasteiger partial charge in [0.05, 0.1) is 34.2 Å². The molecule has 0 aliphatic rings. The van der Waals surface area contributed by atoms with E-state index in [1.54, 1.807) is 20.8 Å². The zero-order valence-electron chi connectivity index (χ0n) is 14.7. The lowest BCUT2D eigenvalue weighted by Crippen LogP contribution is -2.27. The van der Waals surface area contributed by atoms with Gasteiger partial charge < -0.3 is 20.0 Å². The first-order chi connectivity index (χ1) is 12.7. The highest BCUT2D eigenvalue weighted by molar-refractivity contribution is 7.16. The van der Waals surface area contributed by atoms with Gasteiger partial charge in [0.2, 0.25) is 0 Å². The van der Waals surface area contributed by atoms with Gasteiger partial charge in [0, 0.05) is 10.9 Å². The predicted molar refractivity (Wildman–Crippen MR) is 95.1 cm³/mol. The van der Waals surface area contributed by atoms with Crippen LogP contribution in [0.5, 0.6) is 0 Å². The quantitative estimate of drug-likeness (QED) is 0.452. The topological polar surface area (TPSA) is 139 Å². The molecule has 9 nitrogen and oxygen atoms in total. The largest absolute Gasteiger partial charge is 0.545 e. The van der Waals surface area contributed by atoms with Crippen LogP contribution < -0.4 is 10.4 Å². The van der Waals surface area contributed by atoms with E-state index in [1.807, 2.05) is 0 Å². The van der Waals surface area contributed by atoms with Crippen molar-refractivity contribution in [3.05, 3.63) is 55.4 Å². The van der Waals surface area contributed by atoms with Crippen molar-refractivity contribution in [2.75, 3.05) is 11.9 Å². The minimum absolute atomic E-state index is 0.139. The van der Waals surface area contributed by atoms with Crippen molar-refractivity contribution in [2.24, 2.45) is 0 Å². The van der Waals surface area contributed by atoms with Crippen molar-refractivity contribution in [1.82, 2.24) is 0 Å². The van der Waals surface area contributed by atoms with Gasteiger partial charge in [-0.1, -0.05) is 6.07 Å². The van der Waals surface area contributed by atoms with Crippen LogP contribution in [0.4, 0.5) is 10.7 Å². The third kappa shape index (κ3) is 3.95. The van der Waals surface area contributed by atoms with Crippen LogP contribution in [0.15, 0.2) is 18.2 Å². The highest BCUT2D eigenvalue weighted by Crippen LogP contribution is 2.34. The van der Waals surface area contributed by atoms with E-state index in [0.717, 1.165) is 28.3 Å². The van der Waals surface area contributed by atoms with Gasteiger partial charge in [-0.25, -0.2) is 4.79 Å². The number of ether oxygens (including phenoxy) is 1. The normalized spacial score (nSPS) is 10.3. The highest BCUT2D eigenvalue weighted by Gasteiger charge is 2.26. The number of benzene rings is 1. The molecule has 27 heavy (non-hydrogen) atoms. The number of hydrogen-bond donors (Lipinski definition) is 1. The number of amides is 1. The molecule has 0 unspecified atom stereocenters. The van der Waals surface area contributed by atoms with Gasteiger partial charge in [0.15, 0.2) is 0 Å². The van der Waals surface area contributed by atoms with Crippen LogP contribution in [0.3, 0.4) is 0 Å². The molecule has 0 atom stereocenters. The minimum Gasteiger partial charge on any atom is -0.545 e. The summed E-state index contributed by atoms with van der Waals surface area (Å²) in [5.41, 5.74) is -1.25. The molecule has 0 radical (unpaired) electrons. The van der Waals surface area contributed by atoms with E-state index in [-0.39, 0.29) is 17.2 Å². The summed E-state index contributed by atoms with van der Waals surface area (Å²) in [7, 11) is 0. The molecule has 1 N–H and O–H groups in total. The van der Waals surface area contributed by atoms with E-state index < -0.39 is 39.6 Å². The summed E-state index contributed by atoms with van der Waals surface area (Å²) in [6.07, 6.45) is 0. The van der Waals surface area contributed by atoms with Gasteiger partial charge in [-0.15, -0.1) is 11.3 Å². The average Bonchev–Trinajstić information content (AvgIpc) is 2.88. The number of hydrogen-bond acceptors (Lipinski definition) is 8. The first-order valence-electron chi connectivity index (χ1n) is 7.76. The molecule has 0 aliphatic heterocycles. The lowest BCUT2D eigenvalue weighted by molar-refractivity contribution is -0.385. The SMILES string of the molecule is CCOC(=O)c1c(NC(=O)c2cccc([N+](=O)[O-])c2C(=O)[O-])sc(C)c1C. The minimum atomic E-state index is -1.85. The second-order valence-electron chi connectivity index (χ2n) is 5.41. The molecular formula is C17H15N2O7S-.